The summed E-state index contributed by atoms with van der Waals surface area (Å²) in [5.74, 6) is 1.13. The van der Waals surface area contributed by atoms with Crippen LogP contribution in [0.5, 0.6) is 0 Å². The fraction of sp³-hybridized carbons (Fsp3) is 0.647. The Morgan fingerprint density at radius 2 is 1.79 bits per heavy atom. The van der Waals surface area contributed by atoms with Crippen molar-refractivity contribution in [2.45, 2.75) is 45.6 Å². The van der Waals surface area contributed by atoms with E-state index in [9.17, 15) is 0 Å². The van der Waals surface area contributed by atoms with E-state index in [-0.39, 0.29) is 5.54 Å². The van der Waals surface area contributed by atoms with Crippen LogP contribution in [0.15, 0.2) is 30.3 Å². The van der Waals surface area contributed by atoms with Gasteiger partial charge in [-0.3, -0.25) is 0 Å². The van der Waals surface area contributed by atoms with Gasteiger partial charge in [-0.1, -0.05) is 37.3 Å². The lowest BCUT2D eigenvalue weighted by Gasteiger charge is -2.27. The van der Waals surface area contributed by atoms with E-state index < -0.39 is 0 Å². The summed E-state index contributed by atoms with van der Waals surface area (Å²) in [5.41, 5.74) is 1.58. The first-order valence-corrected chi connectivity index (χ1v) is 7.21. The normalized spacial score (nSPS) is 15.2. The number of ether oxygens (including phenoxy) is 1. The molecule has 0 saturated heterocycles. The van der Waals surface area contributed by atoms with Crippen LogP contribution in [0, 0.1) is 5.92 Å². The molecule has 0 saturated carbocycles. The zero-order valence-corrected chi connectivity index (χ0v) is 13.1. The molecule has 1 aromatic rings. The summed E-state index contributed by atoms with van der Waals surface area (Å²) in [6.45, 7) is 10.8. The molecule has 2 unspecified atom stereocenters. The van der Waals surface area contributed by atoms with Crippen LogP contribution in [0.25, 0.3) is 0 Å². The largest absolute Gasteiger partial charge is 0.384 e. The summed E-state index contributed by atoms with van der Waals surface area (Å²) >= 11 is 0. The Balaban J connectivity index is 2.68. The minimum absolute atomic E-state index is 0.164. The second-order valence-corrected chi connectivity index (χ2v) is 6.53. The summed E-state index contributed by atoms with van der Waals surface area (Å²) in [6.07, 6.45) is 1.15. The standard InChI is InChI=1S/C17H29NO/c1-14(13-19-5)11-16(12-18-17(2,3)4)15-9-7-6-8-10-15/h6-10,14,16,18H,11-13H2,1-5H3. The zero-order valence-electron chi connectivity index (χ0n) is 13.1. The Morgan fingerprint density at radius 3 is 2.32 bits per heavy atom. The van der Waals surface area contributed by atoms with Gasteiger partial charge >= 0.3 is 0 Å². The fourth-order valence-electron chi connectivity index (χ4n) is 2.33. The van der Waals surface area contributed by atoms with Gasteiger partial charge < -0.3 is 10.1 Å². The van der Waals surface area contributed by atoms with Crippen LogP contribution in [0.3, 0.4) is 0 Å². The van der Waals surface area contributed by atoms with Crippen LogP contribution in [0.1, 0.15) is 45.6 Å². The van der Waals surface area contributed by atoms with Gasteiger partial charge in [0.1, 0.15) is 0 Å². The molecule has 0 aromatic heterocycles. The lowest BCUT2D eigenvalue weighted by atomic mass is 9.89. The SMILES string of the molecule is COCC(C)CC(CNC(C)(C)C)c1ccccc1. The number of nitrogens with one attached hydrogen (secondary N) is 1. The number of rotatable bonds is 7. The Labute approximate surface area is 118 Å². The Kier molecular flexibility index (Phi) is 6.53. The summed E-state index contributed by atoms with van der Waals surface area (Å²) in [7, 11) is 1.78. The van der Waals surface area contributed by atoms with Crippen molar-refractivity contribution in [3.63, 3.8) is 0 Å². The quantitative estimate of drug-likeness (QED) is 0.807. The van der Waals surface area contributed by atoms with E-state index in [2.05, 4.69) is 63.3 Å². The maximum atomic E-state index is 5.27. The average Bonchev–Trinajstić information content (AvgIpc) is 2.35. The van der Waals surface area contributed by atoms with E-state index in [0.29, 0.717) is 11.8 Å². The third-order valence-electron chi connectivity index (χ3n) is 3.29. The summed E-state index contributed by atoms with van der Waals surface area (Å²) in [4.78, 5) is 0. The molecule has 0 radical (unpaired) electrons. The van der Waals surface area contributed by atoms with Gasteiger partial charge in [-0.15, -0.1) is 0 Å². The van der Waals surface area contributed by atoms with Crippen molar-refractivity contribution in [1.82, 2.24) is 5.32 Å². The molecule has 0 fully saturated rings. The van der Waals surface area contributed by atoms with Crippen LogP contribution in [0.4, 0.5) is 0 Å². The molecule has 0 aliphatic heterocycles. The number of methoxy groups -OCH3 is 1. The van der Waals surface area contributed by atoms with Crippen molar-refractivity contribution < 1.29 is 4.74 Å². The molecular weight excluding hydrogens is 234 g/mol. The fourth-order valence-corrected chi connectivity index (χ4v) is 2.33. The molecule has 1 rings (SSSR count). The second kappa shape index (κ2) is 7.66. The van der Waals surface area contributed by atoms with E-state index in [1.165, 1.54) is 5.56 Å². The second-order valence-electron chi connectivity index (χ2n) is 6.53. The van der Waals surface area contributed by atoms with Gasteiger partial charge in [0.25, 0.3) is 0 Å². The van der Waals surface area contributed by atoms with E-state index in [4.69, 9.17) is 4.74 Å². The minimum Gasteiger partial charge on any atom is -0.384 e. The van der Waals surface area contributed by atoms with E-state index in [0.717, 1.165) is 19.6 Å². The molecule has 2 atom stereocenters. The van der Waals surface area contributed by atoms with Crippen LogP contribution in [0.2, 0.25) is 0 Å². The molecule has 0 aliphatic carbocycles. The van der Waals surface area contributed by atoms with Gasteiger partial charge in [0.2, 0.25) is 0 Å². The molecule has 1 aromatic carbocycles. The van der Waals surface area contributed by atoms with Gasteiger partial charge in [-0.2, -0.15) is 0 Å². The van der Waals surface area contributed by atoms with Crippen LogP contribution >= 0.6 is 0 Å². The zero-order chi connectivity index (χ0) is 14.3. The third-order valence-corrected chi connectivity index (χ3v) is 3.29. The van der Waals surface area contributed by atoms with Crippen molar-refractivity contribution in [3.8, 4) is 0 Å². The highest BCUT2D eigenvalue weighted by Gasteiger charge is 2.18. The number of hydrogen-bond donors (Lipinski definition) is 1. The van der Waals surface area contributed by atoms with E-state index in [1.807, 2.05) is 0 Å². The highest BCUT2D eigenvalue weighted by Crippen LogP contribution is 2.24. The molecule has 2 nitrogen and oxygen atoms in total. The van der Waals surface area contributed by atoms with Gasteiger partial charge in [-0.25, -0.2) is 0 Å². The topological polar surface area (TPSA) is 21.3 Å². The van der Waals surface area contributed by atoms with Crippen LogP contribution in [-0.2, 0) is 4.74 Å². The maximum absolute atomic E-state index is 5.27. The monoisotopic (exact) mass is 263 g/mol. The molecule has 19 heavy (non-hydrogen) atoms. The lowest BCUT2D eigenvalue weighted by Crippen LogP contribution is -2.39. The van der Waals surface area contributed by atoms with Crippen LogP contribution in [-0.4, -0.2) is 25.8 Å². The smallest absolute Gasteiger partial charge is 0.0488 e. The van der Waals surface area contributed by atoms with Crippen molar-refractivity contribution >= 4 is 0 Å². The lowest BCUT2D eigenvalue weighted by molar-refractivity contribution is 0.151. The molecule has 0 spiro atoms. The molecule has 108 valence electrons. The number of benzene rings is 1. The molecule has 2 heteroatoms. The van der Waals surface area contributed by atoms with Crippen molar-refractivity contribution in [1.29, 1.82) is 0 Å². The van der Waals surface area contributed by atoms with Gasteiger partial charge in [0.05, 0.1) is 0 Å². The molecule has 0 aliphatic rings. The first-order valence-electron chi connectivity index (χ1n) is 7.21. The van der Waals surface area contributed by atoms with Crippen LogP contribution < -0.4 is 5.32 Å². The maximum Gasteiger partial charge on any atom is 0.0488 e. The van der Waals surface area contributed by atoms with Crippen molar-refractivity contribution in [2.75, 3.05) is 20.3 Å². The predicted octanol–water partition coefficient (Wildman–Crippen LogP) is 3.83. The highest BCUT2D eigenvalue weighted by molar-refractivity contribution is 5.20. The van der Waals surface area contributed by atoms with Gasteiger partial charge in [0.15, 0.2) is 0 Å². The average molecular weight is 263 g/mol. The summed E-state index contributed by atoms with van der Waals surface area (Å²) in [6, 6.07) is 10.8. The highest BCUT2D eigenvalue weighted by atomic mass is 16.5. The molecule has 0 heterocycles. The molecule has 1 N–H and O–H groups in total. The van der Waals surface area contributed by atoms with Crippen molar-refractivity contribution in [3.05, 3.63) is 35.9 Å². The van der Waals surface area contributed by atoms with Gasteiger partial charge in [-0.05, 0) is 44.6 Å². The van der Waals surface area contributed by atoms with E-state index in [1.54, 1.807) is 7.11 Å². The third kappa shape index (κ3) is 6.74. The Morgan fingerprint density at radius 1 is 1.16 bits per heavy atom. The summed E-state index contributed by atoms with van der Waals surface area (Å²) < 4.78 is 5.27. The summed E-state index contributed by atoms with van der Waals surface area (Å²) in [5, 5.41) is 3.63. The first-order chi connectivity index (χ1) is 8.92. The molecule has 0 bridgehead atoms. The van der Waals surface area contributed by atoms with Gasteiger partial charge in [0, 0.05) is 25.8 Å². The minimum atomic E-state index is 0.164. The van der Waals surface area contributed by atoms with E-state index >= 15 is 0 Å². The predicted molar refractivity (Wildman–Crippen MR) is 82.6 cm³/mol. The van der Waals surface area contributed by atoms with Crippen molar-refractivity contribution in [2.24, 2.45) is 5.92 Å². The molecule has 0 amide bonds. The number of hydrogen-bond acceptors (Lipinski definition) is 2. The Bertz CT molecular complexity index is 342. The first kappa shape index (κ1) is 16.2. The Hall–Kier alpha value is -0.860. The molecular formula is C17H29NO.